The smallest absolute Gasteiger partial charge is 0.338 e. The zero-order valence-corrected chi connectivity index (χ0v) is 13.8. The fraction of sp³-hybridized carbons (Fsp3) is 0.357. The molecule has 1 aliphatic rings. The van der Waals surface area contributed by atoms with Crippen molar-refractivity contribution < 1.29 is 32.1 Å². The molecule has 2 aromatic heterocycles. The van der Waals surface area contributed by atoms with Crippen molar-refractivity contribution in [3.8, 4) is 0 Å². The van der Waals surface area contributed by atoms with Crippen LogP contribution in [0.4, 0.5) is 0 Å². The molecule has 1 N–H and O–H groups in total. The lowest BCUT2D eigenvalue weighted by molar-refractivity contribution is 0.0664. The van der Waals surface area contributed by atoms with Crippen molar-refractivity contribution in [3.05, 3.63) is 41.7 Å². The maximum atomic E-state index is 12.3. The summed E-state index contributed by atoms with van der Waals surface area (Å²) in [7, 11) is -3.56. The van der Waals surface area contributed by atoms with Crippen LogP contribution >= 0.6 is 0 Å². The number of carbonyl (C=O) groups is 2. The zero-order valence-electron chi connectivity index (χ0n) is 13.0. The minimum atomic E-state index is -3.56. The summed E-state index contributed by atoms with van der Waals surface area (Å²) >= 11 is 0. The summed E-state index contributed by atoms with van der Waals surface area (Å²) in [4.78, 5) is 24.5. The van der Waals surface area contributed by atoms with Gasteiger partial charge < -0.3 is 18.9 Å². The molecular formula is C14H15N3O7S. The number of furan rings is 1. The number of piperazine rings is 1. The molecule has 2 aromatic rings. The average Bonchev–Trinajstić information content (AvgIpc) is 3.25. The second-order valence-electron chi connectivity index (χ2n) is 5.44. The number of hydrogen-bond donors (Lipinski definition) is 1. The molecule has 1 amide bonds. The Morgan fingerprint density at radius 1 is 1.24 bits per heavy atom. The van der Waals surface area contributed by atoms with Gasteiger partial charge in [0.15, 0.2) is 5.76 Å². The summed E-state index contributed by atoms with van der Waals surface area (Å²) in [6.45, 7) is 0.636. The fourth-order valence-electron chi connectivity index (χ4n) is 2.48. The van der Waals surface area contributed by atoms with Crippen LogP contribution in [0.1, 0.15) is 26.6 Å². The fourth-order valence-corrected chi connectivity index (χ4v) is 3.90. The van der Waals surface area contributed by atoms with Gasteiger partial charge in [-0.05, 0) is 0 Å². The van der Waals surface area contributed by atoms with Crippen LogP contribution in [0, 0.1) is 0 Å². The molecule has 11 heteroatoms. The van der Waals surface area contributed by atoms with Crippen molar-refractivity contribution in [2.75, 3.05) is 26.2 Å². The van der Waals surface area contributed by atoms with Gasteiger partial charge in [-0.2, -0.15) is 4.31 Å². The number of sulfonamides is 1. The van der Waals surface area contributed by atoms with Crippen LogP contribution in [-0.2, 0) is 15.8 Å². The van der Waals surface area contributed by atoms with Gasteiger partial charge in [-0.25, -0.2) is 13.2 Å². The molecule has 0 aromatic carbocycles. The number of carboxylic acids is 1. The first kappa shape index (κ1) is 17.2. The molecule has 0 spiro atoms. The number of hydrogen-bond acceptors (Lipinski definition) is 7. The van der Waals surface area contributed by atoms with E-state index < -0.39 is 21.9 Å². The second-order valence-corrected chi connectivity index (χ2v) is 7.41. The van der Waals surface area contributed by atoms with E-state index in [2.05, 4.69) is 9.68 Å². The zero-order chi connectivity index (χ0) is 18.0. The van der Waals surface area contributed by atoms with Crippen molar-refractivity contribution in [2.24, 2.45) is 0 Å². The maximum absolute atomic E-state index is 12.3. The van der Waals surface area contributed by atoms with Crippen LogP contribution in [0.25, 0.3) is 0 Å². The molecule has 10 nitrogen and oxygen atoms in total. The lowest BCUT2D eigenvalue weighted by Gasteiger charge is -2.33. The lowest BCUT2D eigenvalue weighted by Crippen LogP contribution is -2.50. The highest BCUT2D eigenvalue weighted by Crippen LogP contribution is 2.16. The molecule has 1 fully saturated rings. The highest BCUT2D eigenvalue weighted by molar-refractivity contribution is 7.88. The Morgan fingerprint density at radius 2 is 1.96 bits per heavy atom. The standard InChI is InChI=1S/C14H15N3O7S/c18-13(12-7-10(8-23-12)14(19)20)16-2-4-17(5-3-16)25(21,22)9-11-1-6-24-15-11/h1,6-8H,2-5,9H2,(H,19,20). The van der Waals surface area contributed by atoms with E-state index in [0.29, 0.717) is 5.69 Å². The third kappa shape index (κ3) is 3.72. The van der Waals surface area contributed by atoms with Gasteiger partial charge in [0.1, 0.15) is 18.3 Å². The predicted molar refractivity (Wildman–Crippen MR) is 82.3 cm³/mol. The van der Waals surface area contributed by atoms with Crippen molar-refractivity contribution >= 4 is 21.9 Å². The van der Waals surface area contributed by atoms with E-state index in [1.54, 1.807) is 0 Å². The first-order valence-electron chi connectivity index (χ1n) is 7.35. The van der Waals surface area contributed by atoms with Crippen LogP contribution in [0.3, 0.4) is 0 Å². The van der Waals surface area contributed by atoms with E-state index in [-0.39, 0.29) is 43.3 Å². The SMILES string of the molecule is O=C(O)c1coc(C(=O)N2CCN(S(=O)(=O)Cc3ccon3)CC2)c1. The van der Waals surface area contributed by atoms with Gasteiger partial charge in [-0.3, -0.25) is 4.79 Å². The quantitative estimate of drug-likeness (QED) is 0.793. The largest absolute Gasteiger partial charge is 0.478 e. The van der Waals surface area contributed by atoms with E-state index in [0.717, 1.165) is 12.3 Å². The number of carbonyl (C=O) groups excluding carboxylic acids is 1. The molecule has 0 radical (unpaired) electrons. The molecule has 0 saturated carbocycles. The van der Waals surface area contributed by atoms with Gasteiger partial charge in [0, 0.05) is 38.3 Å². The van der Waals surface area contributed by atoms with Gasteiger partial charge >= 0.3 is 5.97 Å². The van der Waals surface area contributed by atoms with Crippen molar-refractivity contribution in [2.45, 2.75) is 5.75 Å². The van der Waals surface area contributed by atoms with E-state index in [4.69, 9.17) is 9.52 Å². The van der Waals surface area contributed by atoms with Gasteiger partial charge in [0.05, 0.1) is 11.3 Å². The molecular weight excluding hydrogens is 354 g/mol. The topological polar surface area (TPSA) is 134 Å². The molecule has 25 heavy (non-hydrogen) atoms. The normalized spacial score (nSPS) is 16.1. The summed E-state index contributed by atoms with van der Waals surface area (Å²) < 4.78 is 35.6. The Hall–Kier alpha value is -2.66. The second kappa shape index (κ2) is 6.69. The number of amides is 1. The number of aromatic carboxylic acids is 1. The minimum Gasteiger partial charge on any atom is -0.478 e. The molecule has 134 valence electrons. The summed E-state index contributed by atoms with van der Waals surface area (Å²) in [5, 5.41) is 12.4. The number of nitrogens with zero attached hydrogens (tertiary/aromatic N) is 3. The average molecular weight is 369 g/mol. The first-order chi connectivity index (χ1) is 11.9. The van der Waals surface area contributed by atoms with Gasteiger partial charge in [0.25, 0.3) is 5.91 Å². The number of aromatic nitrogens is 1. The monoisotopic (exact) mass is 369 g/mol. The highest BCUT2D eigenvalue weighted by atomic mass is 32.2. The highest BCUT2D eigenvalue weighted by Gasteiger charge is 2.31. The van der Waals surface area contributed by atoms with Crippen LogP contribution in [-0.4, -0.2) is 65.9 Å². The van der Waals surface area contributed by atoms with Crippen molar-refractivity contribution in [1.82, 2.24) is 14.4 Å². The van der Waals surface area contributed by atoms with Crippen LogP contribution in [0.15, 0.2) is 33.6 Å². The van der Waals surface area contributed by atoms with Gasteiger partial charge in [-0.15, -0.1) is 0 Å². The third-order valence-electron chi connectivity index (χ3n) is 3.80. The van der Waals surface area contributed by atoms with Crippen LogP contribution in [0.2, 0.25) is 0 Å². The Morgan fingerprint density at radius 3 is 2.52 bits per heavy atom. The van der Waals surface area contributed by atoms with E-state index >= 15 is 0 Å². The maximum Gasteiger partial charge on any atom is 0.338 e. The van der Waals surface area contributed by atoms with E-state index in [1.807, 2.05) is 0 Å². The van der Waals surface area contributed by atoms with Crippen LogP contribution in [0.5, 0.6) is 0 Å². The Bertz CT molecular complexity index is 864. The first-order valence-corrected chi connectivity index (χ1v) is 8.96. The summed E-state index contributed by atoms with van der Waals surface area (Å²) in [5.74, 6) is -2.01. The molecule has 0 bridgehead atoms. The summed E-state index contributed by atoms with van der Waals surface area (Å²) in [6.07, 6.45) is 2.30. The van der Waals surface area contributed by atoms with Gasteiger partial charge in [-0.1, -0.05) is 5.16 Å². The Labute approximate surface area is 142 Å². The predicted octanol–water partition coefficient (Wildman–Crippen LogP) is 0.254. The van der Waals surface area contributed by atoms with Crippen molar-refractivity contribution in [3.63, 3.8) is 0 Å². The molecule has 0 unspecified atom stereocenters. The Balaban J connectivity index is 1.61. The summed E-state index contributed by atoms with van der Waals surface area (Å²) in [6, 6.07) is 2.63. The molecule has 3 heterocycles. The number of rotatable bonds is 5. The van der Waals surface area contributed by atoms with E-state index in [9.17, 15) is 18.0 Å². The molecule has 0 atom stereocenters. The van der Waals surface area contributed by atoms with Crippen LogP contribution < -0.4 is 0 Å². The Kier molecular flexibility index (Phi) is 4.59. The van der Waals surface area contributed by atoms with E-state index in [1.165, 1.54) is 21.5 Å². The third-order valence-corrected chi connectivity index (χ3v) is 5.61. The van der Waals surface area contributed by atoms with Crippen molar-refractivity contribution in [1.29, 1.82) is 0 Å². The molecule has 1 aliphatic heterocycles. The molecule has 3 rings (SSSR count). The summed E-state index contributed by atoms with van der Waals surface area (Å²) in [5.41, 5.74) is 0.201. The minimum absolute atomic E-state index is 0.0868. The molecule has 0 aliphatic carbocycles. The molecule has 1 saturated heterocycles. The van der Waals surface area contributed by atoms with Gasteiger partial charge in [0.2, 0.25) is 10.0 Å². The number of carboxylic acid groups (broad SMARTS) is 1. The lowest BCUT2D eigenvalue weighted by atomic mass is 10.2.